The van der Waals surface area contributed by atoms with Crippen molar-refractivity contribution in [1.29, 1.82) is 0 Å². The third-order valence-electron chi connectivity index (χ3n) is 3.15. The minimum Gasteiger partial charge on any atom is -0.339 e. The van der Waals surface area contributed by atoms with E-state index in [0.29, 0.717) is 19.6 Å². The topological polar surface area (TPSA) is 49.6 Å². The first-order valence-electron chi connectivity index (χ1n) is 6.02. The molecule has 6 heteroatoms. The molecule has 17 heavy (non-hydrogen) atoms. The largest absolute Gasteiger partial charge is 0.339 e. The molecule has 1 fully saturated rings. The molecule has 0 aromatic heterocycles. The number of piperazine rings is 1. The zero-order valence-electron chi connectivity index (χ0n) is 10.4. The Hall–Kier alpha value is -0.750. The van der Waals surface area contributed by atoms with Crippen molar-refractivity contribution >= 4 is 5.91 Å². The van der Waals surface area contributed by atoms with Crippen LogP contribution in [0.4, 0.5) is 8.78 Å². The van der Waals surface area contributed by atoms with Crippen LogP contribution in [0.25, 0.3) is 0 Å². The van der Waals surface area contributed by atoms with Crippen molar-refractivity contribution in [3.63, 3.8) is 0 Å². The Bertz CT molecular complexity index is 261. The molecule has 1 aliphatic rings. The number of nitrogens with two attached hydrogens (primary N) is 1. The van der Waals surface area contributed by atoms with Crippen LogP contribution in [-0.2, 0) is 4.79 Å². The average Bonchev–Trinajstić information content (AvgIpc) is 2.27. The summed E-state index contributed by atoms with van der Waals surface area (Å²) in [6.45, 7) is 4.88. The summed E-state index contributed by atoms with van der Waals surface area (Å²) in [6, 6.07) is -0.505. The summed E-state index contributed by atoms with van der Waals surface area (Å²) in [5.41, 5.74) is 5.54. The molecule has 1 aliphatic heterocycles. The number of hydrogen-bond donors (Lipinski definition) is 1. The molecule has 0 aromatic rings. The fraction of sp³-hybridized carbons (Fsp3) is 0.909. The van der Waals surface area contributed by atoms with Crippen molar-refractivity contribution in [1.82, 2.24) is 9.80 Å². The molecule has 0 bridgehead atoms. The molecule has 0 aliphatic carbocycles. The normalized spacial score (nSPS) is 24.1. The predicted molar refractivity (Wildman–Crippen MR) is 61.9 cm³/mol. The van der Waals surface area contributed by atoms with Gasteiger partial charge in [-0.05, 0) is 13.3 Å². The Balaban J connectivity index is 2.57. The first-order valence-corrected chi connectivity index (χ1v) is 6.02. The van der Waals surface area contributed by atoms with E-state index < -0.39 is 12.5 Å². The first-order chi connectivity index (χ1) is 7.95. The van der Waals surface area contributed by atoms with E-state index in [9.17, 15) is 13.6 Å². The van der Waals surface area contributed by atoms with E-state index in [1.807, 2.05) is 6.92 Å². The molecule has 4 nitrogen and oxygen atoms in total. The third kappa shape index (κ3) is 3.89. The van der Waals surface area contributed by atoms with Crippen LogP contribution in [0.15, 0.2) is 0 Å². The second kappa shape index (κ2) is 6.26. The molecule has 0 spiro atoms. The summed E-state index contributed by atoms with van der Waals surface area (Å²) < 4.78 is 24.7. The van der Waals surface area contributed by atoms with E-state index in [1.165, 1.54) is 0 Å². The number of amides is 1. The van der Waals surface area contributed by atoms with Gasteiger partial charge in [0.05, 0.1) is 12.6 Å². The Morgan fingerprint density at radius 2 is 2.12 bits per heavy atom. The maximum atomic E-state index is 12.4. The Morgan fingerprint density at radius 1 is 1.47 bits per heavy atom. The Kier molecular flexibility index (Phi) is 5.27. The smallest absolute Gasteiger partial charge is 0.251 e. The molecule has 1 unspecified atom stereocenters. The molecule has 100 valence electrons. The van der Waals surface area contributed by atoms with Crippen molar-refractivity contribution in [3.05, 3.63) is 0 Å². The van der Waals surface area contributed by atoms with Gasteiger partial charge in [0.1, 0.15) is 0 Å². The van der Waals surface area contributed by atoms with Crippen LogP contribution in [0.2, 0.25) is 0 Å². The lowest BCUT2D eigenvalue weighted by Crippen LogP contribution is -2.57. The summed E-state index contributed by atoms with van der Waals surface area (Å²) in [6.07, 6.45) is -1.56. The number of carbonyl (C=O) groups is 1. The summed E-state index contributed by atoms with van der Waals surface area (Å²) in [5, 5.41) is 0. The molecule has 1 heterocycles. The van der Waals surface area contributed by atoms with Crippen molar-refractivity contribution < 1.29 is 13.6 Å². The molecule has 1 amide bonds. The van der Waals surface area contributed by atoms with Crippen molar-refractivity contribution in [2.45, 2.75) is 38.8 Å². The minimum atomic E-state index is -2.32. The fourth-order valence-electron chi connectivity index (χ4n) is 2.19. The second-order valence-corrected chi connectivity index (χ2v) is 4.52. The fourth-order valence-corrected chi connectivity index (χ4v) is 2.19. The zero-order valence-corrected chi connectivity index (χ0v) is 10.4. The molecule has 1 saturated heterocycles. The third-order valence-corrected chi connectivity index (χ3v) is 3.15. The van der Waals surface area contributed by atoms with Gasteiger partial charge >= 0.3 is 0 Å². The molecule has 0 radical (unpaired) electrons. The molecule has 2 atom stereocenters. The van der Waals surface area contributed by atoms with Crippen LogP contribution in [0.3, 0.4) is 0 Å². The lowest BCUT2D eigenvalue weighted by molar-refractivity contribution is -0.135. The van der Waals surface area contributed by atoms with Gasteiger partial charge in [-0.1, -0.05) is 6.92 Å². The quantitative estimate of drug-likeness (QED) is 0.790. The van der Waals surface area contributed by atoms with Gasteiger partial charge in [-0.15, -0.1) is 0 Å². The SMILES string of the molecule is CCC1CN(C(=O)[C@@H](C)N)CCN1CC(F)F. The summed E-state index contributed by atoms with van der Waals surface area (Å²) in [7, 11) is 0. The number of halogens is 2. The molecule has 1 rings (SSSR count). The molecular formula is C11H21F2N3O. The van der Waals surface area contributed by atoms with Gasteiger partial charge in [0.25, 0.3) is 6.43 Å². The highest BCUT2D eigenvalue weighted by Gasteiger charge is 2.30. The van der Waals surface area contributed by atoms with Gasteiger partial charge in [0, 0.05) is 25.7 Å². The van der Waals surface area contributed by atoms with E-state index in [2.05, 4.69) is 0 Å². The monoisotopic (exact) mass is 249 g/mol. The molecular weight excluding hydrogens is 228 g/mol. The van der Waals surface area contributed by atoms with Gasteiger partial charge in [0.2, 0.25) is 5.91 Å². The average molecular weight is 249 g/mol. The summed E-state index contributed by atoms with van der Waals surface area (Å²) in [5.74, 6) is -0.0971. The van der Waals surface area contributed by atoms with Crippen LogP contribution < -0.4 is 5.73 Å². The highest BCUT2D eigenvalue weighted by atomic mass is 19.3. The summed E-state index contributed by atoms with van der Waals surface area (Å²) in [4.78, 5) is 15.2. The number of carbonyl (C=O) groups excluding carboxylic acids is 1. The first kappa shape index (κ1) is 14.3. The number of alkyl halides is 2. The van der Waals surface area contributed by atoms with E-state index in [4.69, 9.17) is 5.73 Å². The number of rotatable bonds is 4. The van der Waals surface area contributed by atoms with Gasteiger partial charge in [-0.3, -0.25) is 9.69 Å². The van der Waals surface area contributed by atoms with Crippen LogP contribution in [0.1, 0.15) is 20.3 Å². The lowest BCUT2D eigenvalue weighted by Gasteiger charge is -2.41. The van der Waals surface area contributed by atoms with Crippen molar-refractivity contribution in [2.75, 3.05) is 26.2 Å². The number of nitrogens with zero attached hydrogens (tertiary/aromatic N) is 2. The van der Waals surface area contributed by atoms with Gasteiger partial charge in [-0.2, -0.15) is 0 Å². The van der Waals surface area contributed by atoms with Crippen molar-refractivity contribution in [3.8, 4) is 0 Å². The van der Waals surface area contributed by atoms with Gasteiger partial charge in [-0.25, -0.2) is 8.78 Å². The van der Waals surface area contributed by atoms with E-state index in [-0.39, 0.29) is 18.5 Å². The highest BCUT2D eigenvalue weighted by Crippen LogP contribution is 2.15. The Labute approximate surface area is 101 Å². The zero-order chi connectivity index (χ0) is 13.0. The van der Waals surface area contributed by atoms with E-state index in [1.54, 1.807) is 16.7 Å². The maximum Gasteiger partial charge on any atom is 0.251 e. The minimum absolute atomic E-state index is 0.0143. The number of hydrogen-bond acceptors (Lipinski definition) is 3. The molecule has 0 aromatic carbocycles. The Morgan fingerprint density at radius 3 is 2.59 bits per heavy atom. The van der Waals surface area contributed by atoms with Crippen LogP contribution >= 0.6 is 0 Å². The van der Waals surface area contributed by atoms with Gasteiger partial charge in [0.15, 0.2) is 0 Å². The van der Waals surface area contributed by atoms with Crippen LogP contribution in [0, 0.1) is 0 Å². The van der Waals surface area contributed by atoms with E-state index in [0.717, 1.165) is 6.42 Å². The lowest BCUT2D eigenvalue weighted by atomic mass is 10.1. The highest BCUT2D eigenvalue weighted by molar-refractivity contribution is 5.81. The molecule has 0 saturated carbocycles. The second-order valence-electron chi connectivity index (χ2n) is 4.52. The standard InChI is InChI=1S/C11H21F2N3O/c1-3-9-6-16(11(17)8(2)14)5-4-15(9)7-10(12)13/h8-10H,3-7,14H2,1-2H3/t8-,9?/m1/s1. The van der Waals surface area contributed by atoms with Crippen molar-refractivity contribution in [2.24, 2.45) is 5.73 Å². The van der Waals surface area contributed by atoms with Crippen LogP contribution in [0.5, 0.6) is 0 Å². The van der Waals surface area contributed by atoms with Crippen LogP contribution in [-0.4, -0.2) is 60.4 Å². The molecule has 2 N–H and O–H groups in total. The van der Waals surface area contributed by atoms with E-state index >= 15 is 0 Å². The van der Waals surface area contributed by atoms with Gasteiger partial charge < -0.3 is 10.6 Å². The maximum absolute atomic E-state index is 12.4. The predicted octanol–water partition coefficient (Wildman–Crippen LogP) is 0.522. The summed E-state index contributed by atoms with van der Waals surface area (Å²) >= 11 is 0.